The molecular weight excluding hydrogens is 550 g/mol. The molecule has 0 aromatic carbocycles. The maximum absolute atomic E-state index is 12.8. The molecule has 11 heteroatoms. The van der Waals surface area contributed by atoms with Gasteiger partial charge in [0.15, 0.2) is 0 Å². The Morgan fingerprint density at radius 3 is 2.46 bits per heavy atom. The summed E-state index contributed by atoms with van der Waals surface area (Å²) in [6.45, 7) is 9.17. The summed E-state index contributed by atoms with van der Waals surface area (Å²) in [4.78, 5) is 36.5. The van der Waals surface area contributed by atoms with E-state index in [-0.39, 0.29) is 6.10 Å². The van der Waals surface area contributed by atoms with Crippen LogP contribution in [0.2, 0.25) is 0 Å². The molecule has 3 amide bonds. The van der Waals surface area contributed by atoms with Gasteiger partial charge in [-0.1, -0.05) is 74.4 Å². The predicted molar refractivity (Wildman–Crippen MR) is 159 cm³/mol. The minimum atomic E-state index is -1.05. The molecule has 5 N–H and O–H groups in total. The molecule has 4 unspecified atom stereocenters. The second-order valence-corrected chi connectivity index (χ2v) is 11.2. The van der Waals surface area contributed by atoms with E-state index in [9.17, 15) is 19.5 Å². The number of nitrogens with one attached hydrogen (secondary N) is 2. The summed E-state index contributed by atoms with van der Waals surface area (Å²) in [7, 11) is 1.49. The van der Waals surface area contributed by atoms with Gasteiger partial charge in [-0.05, 0) is 44.4 Å². The number of nitrogens with two attached hydrogens (primary N) is 1. The molecule has 0 radical (unpaired) electrons. The van der Waals surface area contributed by atoms with Crippen LogP contribution in [0.5, 0.6) is 0 Å². The van der Waals surface area contributed by atoms with Gasteiger partial charge in [-0.3, -0.25) is 9.59 Å². The molecule has 1 aliphatic heterocycles. The van der Waals surface area contributed by atoms with Crippen LogP contribution in [0.25, 0.3) is 0 Å². The zero-order valence-electron chi connectivity index (χ0n) is 24.7. The van der Waals surface area contributed by atoms with Crippen molar-refractivity contribution in [1.82, 2.24) is 10.6 Å². The Hall–Kier alpha value is -3.34. The molecule has 0 spiro atoms. The van der Waals surface area contributed by atoms with Crippen molar-refractivity contribution in [3.05, 3.63) is 71.2 Å². The minimum Gasteiger partial charge on any atom is -0.496 e. The molecule has 0 saturated carbocycles. The van der Waals surface area contributed by atoms with E-state index in [0.29, 0.717) is 36.5 Å². The fourth-order valence-electron chi connectivity index (χ4n) is 3.69. The fraction of sp³-hybridized carbons (Fsp3) is 0.500. The van der Waals surface area contributed by atoms with Gasteiger partial charge in [0.1, 0.15) is 17.9 Å². The number of ether oxygens (including phenoxy) is 3. The number of halogens is 1. The summed E-state index contributed by atoms with van der Waals surface area (Å²) in [6.07, 6.45) is 14.4. The first kappa shape index (κ1) is 35.7. The maximum atomic E-state index is 12.8. The lowest BCUT2D eigenvalue weighted by Crippen LogP contribution is -2.52. The second kappa shape index (κ2) is 18.2. The molecule has 0 saturated heterocycles. The average Bonchev–Trinajstić information content (AvgIpc) is 2.88. The average molecular weight is 594 g/mol. The van der Waals surface area contributed by atoms with Gasteiger partial charge in [-0.2, -0.15) is 0 Å². The van der Waals surface area contributed by atoms with E-state index in [0.717, 1.165) is 5.57 Å². The van der Waals surface area contributed by atoms with Crippen LogP contribution in [-0.2, 0) is 23.8 Å². The van der Waals surface area contributed by atoms with Crippen molar-refractivity contribution in [2.24, 2.45) is 11.1 Å². The molecule has 1 heterocycles. The molecular formula is C30H44ClN3O7. The van der Waals surface area contributed by atoms with Gasteiger partial charge in [0.2, 0.25) is 18.1 Å². The van der Waals surface area contributed by atoms with Gasteiger partial charge in [-0.15, -0.1) is 0 Å². The molecule has 228 valence electrons. The van der Waals surface area contributed by atoms with Crippen LogP contribution in [0.4, 0.5) is 4.79 Å². The Kier molecular flexibility index (Phi) is 15.8. The summed E-state index contributed by atoms with van der Waals surface area (Å²) in [5.74, 6) is -0.394. The first-order valence-corrected chi connectivity index (χ1v) is 13.7. The quantitative estimate of drug-likeness (QED) is 0.169. The highest BCUT2D eigenvalue weighted by molar-refractivity contribution is 6.29. The SMILES string of the molecule is COC1=CCC(C/C=C(C)/C=C\C=C/C(=O)NC(C(=O)N/C=C\CC(C/C=C(\C)Cl)OC(N)=O)C(C)(C)C)OC1O. The number of amides is 3. The van der Waals surface area contributed by atoms with E-state index < -0.39 is 41.8 Å². The normalized spacial score (nSPS) is 20.1. The summed E-state index contributed by atoms with van der Waals surface area (Å²) >= 11 is 5.84. The van der Waals surface area contributed by atoms with Gasteiger partial charge < -0.3 is 35.7 Å². The van der Waals surface area contributed by atoms with Crippen molar-refractivity contribution in [1.29, 1.82) is 0 Å². The van der Waals surface area contributed by atoms with Gasteiger partial charge in [0, 0.05) is 23.9 Å². The number of hydrogen-bond acceptors (Lipinski definition) is 7. The van der Waals surface area contributed by atoms with E-state index >= 15 is 0 Å². The molecule has 41 heavy (non-hydrogen) atoms. The summed E-state index contributed by atoms with van der Waals surface area (Å²) in [5.41, 5.74) is 5.52. The lowest BCUT2D eigenvalue weighted by Gasteiger charge is -2.29. The van der Waals surface area contributed by atoms with Crippen LogP contribution in [0.15, 0.2) is 71.2 Å². The Bertz CT molecular complexity index is 1070. The zero-order chi connectivity index (χ0) is 31.0. The lowest BCUT2D eigenvalue weighted by atomic mass is 9.86. The number of aliphatic hydroxyl groups is 1. The lowest BCUT2D eigenvalue weighted by molar-refractivity contribution is -0.140. The first-order valence-electron chi connectivity index (χ1n) is 13.4. The second-order valence-electron chi connectivity index (χ2n) is 10.6. The monoisotopic (exact) mass is 593 g/mol. The van der Waals surface area contributed by atoms with Crippen molar-refractivity contribution in [3.8, 4) is 0 Å². The van der Waals surface area contributed by atoms with Crippen LogP contribution in [0.3, 0.4) is 0 Å². The minimum absolute atomic E-state index is 0.147. The molecule has 4 atom stereocenters. The van der Waals surface area contributed by atoms with Crippen molar-refractivity contribution in [3.63, 3.8) is 0 Å². The number of rotatable bonds is 14. The number of carbonyl (C=O) groups is 3. The van der Waals surface area contributed by atoms with Crippen LogP contribution in [0, 0.1) is 5.41 Å². The number of allylic oxidation sites excluding steroid dienone is 5. The van der Waals surface area contributed by atoms with Crippen molar-refractivity contribution in [2.75, 3.05) is 7.11 Å². The highest BCUT2D eigenvalue weighted by Gasteiger charge is 2.32. The third-order valence-corrected chi connectivity index (χ3v) is 6.06. The largest absolute Gasteiger partial charge is 0.496 e. The third kappa shape index (κ3) is 15.3. The van der Waals surface area contributed by atoms with Crippen molar-refractivity contribution in [2.45, 2.75) is 84.8 Å². The molecule has 0 aliphatic carbocycles. The zero-order valence-corrected chi connectivity index (χ0v) is 25.4. The van der Waals surface area contributed by atoms with E-state index in [1.165, 1.54) is 19.4 Å². The number of aliphatic hydroxyl groups excluding tert-OH is 1. The van der Waals surface area contributed by atoms with E-state index in [2.05, 4.69) is 10.6 Å². The molecule has 10 nitrogen and oxygen atoms in total. The van der Waals surface area contributed by atoms with Crippen LogP contribution < -0.4 is 16.4 Å². The predicted octanol–water partition coefficient (Wildman–Crippen LogP) is 4.62. The van der Waals surface area contributed by atoms with E-state index in [1.54, 1.807) is 31.2 Å². The smallest absolute Gasteiger partial charge is 0.404 e. The summed E-state index contributed by atoms with van der Waals surface area (Å²) in [6, 6.07) is -0.812. The maximum Gasteiger partial charge on any atom is 0.404 e. The Morgan fingerprint density at radius 1 is 1.20 bits per heavy atom. The molecule has 0 aromatic rings. The Balaban J connectivity index is 2.64. The van der Waals surface area contributed by atoms with Crippen LogP contribution >= 0.6 is 11.6 Å². The van der Waals surface area contributed by atoms with Gasteiger partial charge in [-0.25, -0.2) is 4.79 Å². The van der Waals surface area contributed by atoms with Crippen molar-refractivity contribution >= 4 is 29.5 Å². The van der Waals surface area contributed by atoms with Crippen molar-refractivity contribution < 1.29 is 33.7 Å². The molecule has 0 fully saturated rings. The molecule has 1 aliphatic rings. The topological polar surface area (TPSA) is 149 Å². The Morgan fingerprint density at radius 2 is 1.88 bits per heavy atom. The number of hydrogen-bond donors (Lipinski definition) is 4. The highest BCUT2D eigenvalue weighted by Crippen LogP contribution is 2.21. The van der Waals surface area contributed by atoms with Gasteiger partial charge >= 0.3 is 6.09 Å². The third-order valence-electron chi connectivity index (χ3n) is 5.90. The summed E-state index contributed by atoms with van der Waals surface area (Å²) in [5, 5.41) is 15.8. The van der Waals surface area contributed by atoms with Gasteiger partial charge in [0.05, 0.1) is 13.2 Å². The highest BCUT2D eigenvalue weighted by atomic mass is 35.5. The first-order chi connectivity index (χ1) is 19.2. The molecule has 0 bridgehead atoms. The van der Waals surface area contributed by atoms with Crippen LogP contribution in [0.1, 0.15) is 60.3 Å². The fourth-order valence-corrected chi connectivity index (χ4v) is 3.77. The van der Waals surface area contributed by atoms with E-state index in [4.69, 9.17) is 31.5 Å². The van der Waals surface area contributed by atoms with Gasteiger partial charge in [0.25, 0.3) is 0 Å². The number of methoxy groups -OCH3 is 1. The number of primary amides is 1. The standard InChI is InChI=1S/C30H44ClN3O7/c1-20(13-15-23-17-18-24(39-6)28(37)40-23)10-7-8-12-25(35)34-26(30(3,4)5)27(36)33-19-9-11-22(41-29(32)38)16-14-21(2)31/h7-10,12-14,18-19,22-23,26,28,37H,11,15-17H2,1-6H3,(H2,32,38)(H,33,36)(H,34,35)/b10-7-,12-8-,19-9-,20-13+,21-14+. The summed E-state index contributed by atoms with van der Waals surface area (Å²) < 4.78 is 15.6. The Labute approximate surface area is 248 Å². The molecule has 1 rings (SSSR count). The number of carbonyl (C=O) groups excluding carboxylic acids is 3. The van der Waals surface area contributed by atoms with E-state index in [1.807, 2.05) is 45.9 Å². The molecule has 0 aromatic heterocycles. The van der Waals surface area contributed by atoms with Crippen LogP contribution in [-0.4, -0.2) is 54.7 Å².